The van der Waals surface area contributed by atoms with Crippen LogP contribution in [0.2, 0.25) is 0 Å². The molecule has 2 aromatic rings. The number of aromatic nitrogens is 1. The Morgan fingerprint density at radius 2 is 2.22 bits per heavy atom. The Bertz CT molecular complexity index is 588. The van der Waals surface area contributed by atoms with E-state index in [9.17, 15) is 4.79 Å². The van der Waals surface area contributed by atoms with E-state index >= 15 is 0 Å². The quantitative estimate of drug-likeness (QED) is 0.689. The van der Waals surface area contributed by atoms with Gasteiger partial charge in [-0.15, -0.1) is 11.3 Å². The molecule has 2 rings (SSSR count). The van der Waals surface area contributed by atoms with Crippen molar-refractivity contribution in [3.63, 3.8) is 0 Å². The maximum Gasteiger partial charge on any atom is 0.257 e. The van der Waals surface area contributed by atoms with E-state index in [4.69, 9.17) is 0 Å². The molecular weight excluding hydrogens is 266 g/mol. The predicted octanol–water partition coefficient (Wildman–Crippen LogP) is 3.00. The number of thiocarbonyl (C=S) groups is 1. The summed E-state index contributed by atoms with van der Waals surface area (Å²) < 4.78 is 0. The summed E-state index contributed by atoms with van der Waals surface area (Å²) in [5.41, 5.74) is 1.37. The lowest BCUT2D eigenvalue weighted by Crippen LogP contribution is -2.11. The van der Waals surface area contributed by atoms with Crippen LogP contribution in [0.5, 0.6) is 0 Å². The molecule has 0 atom stereocenters. The van der Waals surface area contributed by atoms with Crippen LogP contribution in [-0.2, 0) is 6.54 Å². The number of rotatable bonds is 4. The Balaban J connectivity index is 2.03. The first kappa shape index (κ1) is 12.6. The zero-order valence-corrected chi connectivity index (χ0v) is 10.9. The topological polar surface area (TPSA) is 54.4 Å². The predicted molar refractivity (Wildman–Crippen MR) is 75.2 cm³/mol. The van der Waals surface area contributed by atoms with Gasteiger partial charge in [-0.3, -0.25) is 10.1 Å². The van der Waals surface area contributed by atoms with Gasteiger partial charge < -0.3 is 0 Å². The monoisotopic (exact) mass is 275 g/mol. The minimum Gasteiger partial charge on any atom is -0.298 e. The number of anilines is 1. The van der Waals surface area contributed by atoms with Gasteiger partial charge in [0.05, 0.1) is 17.4 Å². The third-order valence-corrected chi connectivity index (χ3v) is 3.05. The highest BCUT2D eigenvalue weighted by Gasteiger charge is 2.08. The van der Waals surface area contributed by atoms with Gasteiger partial charge in [0.1, 0.15) is 0 Å². The molecule has 90 valence electrons. The number of carbonyl (C=O) groups is 1. The number of nitrogens with one attached hydrogen (secondary N) is 1. The average Bonchev–Trinajstić information content (AvgIpc) is 2.85. The van der Waals surface area contributed by atoms with Crippen molar-refractivity contribution in [2.45, 2.75) is 6.54 Å². The number of thiazole rings is 1. The third kappa shape index (κ3) is 3.30. The van der Waals surface area contributed by atoms with Crippen molar-refractivity contribution in [3.8, 4) is 0 Å². The van der Waals surface area contributed by atoms with Gasteiger partial charge in [-0.05, 0) is 24.4 Å². The minimum atomic E-state index is -0.171. The average molecular weight is 275 g/mol. The van der Waals surface area contributed by atoms with Crippen molar-refractivity contribution in [2.24, 2.45) is 4.99 Å². The molecule has 0 aliphatic rings. The molecule has 0 bridgehead atoms. The molecule has 1 aromatic heterocycles. The number of isothiocyanates is 1. The number of hydrogen-bond acceptors (Lipinski definition) is 5. The van der Waals surface area contributed by atoms with Crippen molar-refractivity contribution in [2.75, 3.05) is 5.32 Å². The van der Waals surface area contributed by atoms with Crippen LogP contribution in [0.3, 0.4) is 0 Å². The second-order valence-corrected chi connectivity index (χ2v) is 4.41. The van der Waals surface area contributed by atoms with Crippen LogP contribution >= 0.6 is 23.6 Å². The third-order valence-electron chi connectivity index (χ3n) is 2.11. The zero-order valence-electron chi connectivity index (χ0n) is 9.29. The molecule has 0 saturated heterocycles. The fourth-order valence-corrected chi connectivity index (χ4v) is 2.07. The number of amides is 1. The van der Waals surface area contributed by atoms with Crippen LogP contribution in [0.1, 0.15) is 16.1 Å². The van der Waals surface area contributed by atoms with Crippen LogP contribution in [0, 0.1) is 0 Å². The summed E-state index contributed by atoms with van der Waals surface area (Å²) in [4.78, 5) is 19.8. The number of hydrogen-bond donors (Lipinski definition) is 1. The van der Waals surface area contributed by atoms with Crippen LogP contribution in [0.25, 0.3) is 0 Å². The molecule has 6 heteroatoms. The maximum absolute atomic E-state index is 11.8. The number of carbonyl (C=O) groups excluding carboxylic acids is 1. The van der Waals surface area contributed by atoms with Gasteiger partial charge in [0.15, 0.2) is 5.13 Å². The number of nitrogens with zero attached hydrogens (tertiary/aromatic N) is 2. The molecule has 0 radical (unpaired) electrons. The van der Waals surface area contributed by atoms with Crippen LogP contribution < -0.4 is 5.32 Å². The highest BCUT2D eigenvalue weighted by atomic mass is 32.1. The van der Waals surface area contributed by atoms with Gasteiger partial charge >= 0.3 is 0 Å². The fraction of sp³-hybridized carbons (Fsp3) is 0.0833. The first-order valence-corrected chi connectivity index (χ1v) is 6.43. The molecule has 1 heterocycles. The molecule has 18 heavy (non-hydrogen) atoms. The zero-order chi connectivity index (χ0) is 12.8. The highest BCUT2D eigenvalue weighted by molar-refractivity contribution is 7.78. The van der Waals surface area contributed by atoms with Gasteiger partial charge in [-0.25, -0.2) is 9.98 Å². The van der Waals surface area contributed by atoms with Crippen molar-refractivity contribution < 1.29 is 4.79 Å². The van der Waals surface area contributed by atoms with Gasteiger partial charge in [-0.2, -0.15) is 0 Å². The molecule has 1 amide bonds. The Labute approximate surface area is 113 Å². The van der Waals surface area contributed by atoms with Crippen molar-refractivity contribution in [3.05, 3.63) is 47.0 Å². The number of aliphatic imine (C=N–C) groups is 1. The molecule has 0 saturated carbocycles. The molecule has 0 unspecified atom stereocenters. The first-order chi connectivity index (χ1) is 8.79. The Morgan fingerprint density at radius 1 is 1.44 bits per heavy atom. The molecular formula is C12H9N3OS2. The smallest absolute Gasteiger partial charge is 0.257 e. The summed E-state index contributed by atoms with van der Waals surface area (Å²) in [5.74, 6) is -0.171. The lowest BCUT2D eigenvalue weighted by Gasteiger charge is -2.00. The van der Waals surface area contributed by atoms with Gasteiger partial charge in [-0.1, -0.05) is 18.2 Å². The van der Waals surface area contributed by atoms with Crippen LogP contribution in [0.4, 0.5) is 5.13 Å². The van der Waals surface area contributed by atoms with E-state index < -0.39 is 0 Å². The lowest BCUT2D eigenvalue weighted by molar-refractivity contribution is 0.102. The minimum absolute atomic E-state index is 0.171. The summed E-state index contributed by atoms with van der Waals surface area (Å²) in [7, 11) is 0. The summed E-state index contributed by atoms with van der Waals surface area (Å²) in [6.07, 6.45) is 0. The van der Waals surface area contributed by atoms with Crippen molar-refractivity contribution >= 4 is 39.8 Å². The number of benzene rings is 1. The Kier molecular flexibility index (Phi) is 4.30. The second kappa shape index (κ2) is 6.16. The molecule has 0 spiro atoms. The van der Waals surface area contributed by atoms with Crippen LogP contribution in [-0.4, -0.2) is 16.1 Å². The van der Waals surface area contributed by atoms with E-state index in [1.807, 2.05) is 23.6 Å². The van der Waals surface area contributed by atoms with Crippen molar-refractivity contribution in [1.29, 1.82) is 0 Å². The van der Waals surface area contributed by atoms with E-state index in [2.05, 4.69) is 32.7 Å². The highest BCUT2D eigenvalue weighted by Crippen LogP contribution is 2.16. The Morgan fingerprint density at radius 3 is 2.94 bits per heavy atom. The molecule has 4 nitrogen and oxygen atoms in total. The maximum atomic E-state index is 11.8. The van der Waals surface area contributed by atoms with E-state index in [1.54, 1.807) is 12.1 Å². The van der Waals surface area contributed by atoms with Gasteiger partial charge in [0, 0.05) is 10.9 Å². The summed E-state index contributed by atoms with van der Waals surface area (Å²) in [6.45, 7) is 0.390. The first-order valence-electron chi connectivity index (χ1n) is 5.14. The van der Waals surface area contributed by atoms with E-state index in [1.165, 1.54) is 11.3 Å². The SMILES string of the molecule is O=C(Nc1nc(CN=C=S)cs1)c1ccccc1. The van der Waals surface area contributed by atoms with E-state index in [0.29, 0.717) is 17.2 Å². The van der Waals surface area contributed by atoms with E-state index in [0.717, 1.165) is 5.69 Å². The molecule has 1 N–H and O–H groups in total. The van der Waals surface area contributed by atoms with Crippen LogP contribution in [0.15, 0.2) is 40.7 Å². The molecule has 0 fully saturated rings. The van der Waals surface area contributed by atoms with E-state index in [-0.39, 0.29) is 5.91 Å². The summed E-state index contributed by atoms with van der Waals surface area (Å²) in [5, 5.41) is 7.40. The molecule has 0 aliphatic carbocycles. The molecule has 1 aromatic carbocycles. The van der Waals surface area contributed by atoms with Gasteiger partial charge in [0.2, 0.25) is 0 Å². The summed E-state index contributed by atoms with van der Waals surface area (Å²) >= 11 is 5.84. The lowest BCUT2D eigenvalue weighted by atomic mass is 10.2. The second-order valence-electron chi connectivity index (χ2n) is 3.37. The standard InChI is InChI=1S/C12H9N3OS2/c16-11(9-4-2-1-3-5-9)15-12-14-10(7-18-12)6-13-8-17/h1-5,7H,6H2,(H,14,15,16). The summed E-state index contributed by atoms with van der Waals surface area (Å²) in [6, 6.07) is 8.99. The normalized spacial score (nSPS) is 9.56. The fourth-order valence-electron chi connectivity index (χ4n) is 1.31. The Hall–Kier alpha value is -1.88. The van der Waals surface area contributed by atoms with Gasteiger partial charge in [0.25, 0.3) is 5.91 Å². The molecule has 0 aliphatic heterocycles. The van der Waals surface area contributed by atoms with Crippen molar-refractivity contribution in [1.82, 2.24) is 4.98 Å². The largest absolute Gasteiger partial charge is 0.298 e.